The van der Waals surface area contributed by atoms with Gasteiger partial charge in [0.1, 0.15) is 0 Å². The monoisotopic (exact) mass is 604 g/mol. The highest BCUT2D eigenvalue weighted by Crippen LogP contribution is 2.69. The minimum absolute atomic E-state index is 0.00414. The molecule has 2 heterocycles. The number of carbonyl (C=O) groups excluding carboxylic acids is 2. The largest absolute Gasteiger partial charge is 0.449 e. The van der Waals surface area contributed by atoms with E-state index in [1.807, 2.05) is 23.9 Å². The van der Waals surface area contributed by atoms with Gasteiger partial charge in [-0.3, -0.25) is 9.59 Å². The van der Waals surface area contributed by atoms with E-state index >= 15 is 0 Å². The van der Waals surface area contributed by atoms with Crippen LogP contribution in [0.25, 0.3) is 11.8 Å². The number of hydrogen-bond donors (Lipinski definition) is 1. The second-order valence-corrected chi connectivity index (χ2v) is 14.9. The van der Waals surface area contributed by atoms with Gasteiger partial charge in [0.15, 0.2) is 5.60 Å². The van der Waals surface area contributed by atoms with Gasteiger partial charge < -0.3 is 9.84 Å². The first-order valence-corrected chi connectivity index (χ1v) is 16.4. The first-order chi connectivity index (χ1) is 20.5. The van der Waals surface area contributed by atoms with Gasteiger partial charge in [0.2, 0.25) is 11.1 Å². The van der Waals surface area contributed by atoms with Crippen molar-refractivity contribution in [1.29, 1.82) is 5.26 Å². The van der Waals surface area contributed by atoms with Gasteiger partial charge in [-0.25, -0.2) is 9.67 Å². The number of thioether (sulfide) groups is 1. The molecule has 0 amide bonds. The minimum Gasteiger partial charge on any atom is -0.449 e. The fourth-order valence-corrected chi connectivity index (χ4v) is 10.5. The van der Waals surface area contributed by atoms with Gasteiger partial charge in [-0.15, -0.1) is 0 Å². The van der Waals surface area contributed by atoms with Crippen molar-refractivity contribution in [3.63, 3.8) is 0 Å². The number of rotatable bonds is 5. The Morgan fingerprint density at radius 1 is 1.26 bits per heavy atom. The van der Waals surface area contributed by atoms with Crippen molar-refractivity contribution in [3.8, 4) is 11.8 Å². The summed E-state index contributed by atoms with van der Waals surface area (Å²) in [6, 6.07) is 5.06. The number of hydrogen-bond acceptors (Lipinski definition) is 8. The van der Waals surface area contributed by atoms with Crippen molar-refractivity contribution < 1.29 is 23.8 Å². The van der Waals surface area contributed by atoms with Gasteiger partial charge in [0, 0.05) is 5.41 Å². The summed E-state index contributed by atoms with van der Waals surface area (Å²) in [5.74, 6) is -0.585. The van der Waals surface area contributed by atoms with E-state index in [1.54, 1.807) is 6.07 Å². The number of halogens is 1. The fourth-order valence-electron chi connectivity index (χ4n) is 9.64. The molecule has 2 aromatic rings. The zero-order valence-electron chi connectivity index (χ0n) is 24.8. The van der Waals surface area contributed by atoms with Gasteiger partial charge >= 0.3 is 5.97 Å². The highest BCUT2D eigenvalue weighted by Gasteiger charge is 2.71. The highest BCUT2D eigenvalue weighted by atomic mass is 32.2. The van der Waals surface area contributed by atoms with E-state index < -0.39 is 23.1 Å². The Morgan fingerprint density at radius 3 is 2.74 bits per heavy atom. The van der Waals surface area contributed by atoms with Crippen LogP contribution in [0.4, 0.5) is 4.39 Å². The van der Waals surface area contributed by atoms with Gasteiger partial charge in [0.25, 0.3) is 0 Å². The lowest BCUT2D eigenvalue weighted by molar-refractivity contribution is -0.198. The SMILES string of the molecule is C[C@H]1C[C@@H]2[C@H]([C@@H](O)C[C@@]3(C)[C@H]2CC[C@]3(OC(=O)C2CC2)C(=O)SCC#N)[C@@]2(C)Cc3cnn(-c4ccc(F)nc4)c3C=C12. The number of carbonyl (C=O) groups is 2. The van der Waals surface area contributed by atoms with Gasteiger partial charge in [-0.2, -0.15) is 14.8 Å². The summed E-state index contributed by atoms with van der Waals surface area (Å²) in [6.07, 6.45) is 9.54. The molecule has 0 aliphatic heterocycles. The predicted octanol–water partition coefficient (Wildman–Crippen LogP) is 5.28. The number of nitriles is 1. The van der Waals surface area contributed by atoms with Gasteiger partial charge in [-0.05, 0) is 97.8 Å². The summed E-state index contributed by atoms with van der Waals surface area (Å²) < 4.78 is 21.6. The lowest BCUT2D eigenvalue weighted by atomic mass is 9.44. The fraction of sp³-hybridized carbons (Fsp3) is 0.606. The van der Waals surface area contributed by atoms with E-state index in [2.05, 4.69) is 30.0 Å². The van der Waals surface area contributed by atoms with E-state index in [-0.39, 0.29) is 51.8 Å². The molecule has 4 fully saturated rings. The average Bonchev–Trinajstić information content (AvgIpc) is 3.68. The molecule has 8 atom stereocenters. The second kappa shape index (κ2) is 10.00. The molecule has 5 aliphatic rings. The van der Waals surface area contributed by atoms with Crippen LogP contribution < -0.4 is 0 Å². The van der Waals surface area contributed by atoms with Crippen LogP contribution in [0.2, 0.25) is 0 Å². The van der Waals surface area contributed by atoms with Gasteiger partial charge in [-0.1, -0.05) is 38.1 Å². The molecule has 4 saturated carbocycles. The van der Waals surface area contributed by atoms with Crippen molar-refractivity contribution in [3.05, 3.63) is 47.3 Å². The number of nitrogens with zero attached hydrogens (tertiary/aromatic N) is 4. The van der Waals surface area contributed by atoms with Crippen LogP contribution >= 0.6 is 11.8 Å². The Bertz CT molecular complexity index is 1560. The van der Waals surface area contributed by atoms with E-state index in [9.17, 15) is 24.3 Å². The Balaban J connectivity index is 1.25. The summed E-state index contributed by atoms with van der Waals surface area (Å²) in [5, 5.41) is 25.7. The van der Waals surface area contributed by atoms with Crippen LogP contribution in [-0.2, 0) is 20.7 Å². The summed E-state index contributed by atoms with van der Waals surface area (Å²) in [7, 11) is 0. The van der Waals surface area contributed by atoms with Gasteiger partial charge in [0.05, 0.1) is 47.6 Å². The smallest absolute Gasteiger partial charge is 0.309 e. The Kier molecular flexibility index (Phi) is 6.68. The molecule has 43 heavy (non-hydrogen) atoms. The molecule has 0 bridgehead atoms. The molecule has 0 aromatic carbocycles. The molecule has 5 aliphatic carbocycles. The maximum Gasteiger partial charge on any atom is 0.309 e. The predicted molar refractivity (Wildman–Crippen MR) is 158 cm³/mol. The zero-order valence-corrected chi connectivity index (χ0v) is 25.6. The van der Waals surface area contributed by atoms with Crippen molar-refractivity contribution in [2.24, 2.45) is 40.4 Å². The summed E-state index contributed by atoms with van der Waals surface area (Å²) in [6.45, 7) is 6.56. The minimum atomic E-state index is -1.34. The number of esters is 1. The number of aromatic nitrogens is 3. The quantitative estimate of drug-likeness (QED) is 0.362. The Hall–Kier alpha value is -3.03. The van der Waals surface area contributed by atoms with Crippen molar-refractivity contribution in [2.45, 2.75) is 77.4 Å². The van der Waals surface area contributed by atoms with E-state index in [0.717, 1.165) is 48.7 Å². The topological polar surface area (TPSA) is 118 Å². The van der Waals surface area contributed by atoms with E-state index in [4.69, 9.17) is 4.74 Å². The van der Waals surface area contributed by atoms with Crippen LogP contribution in [0.1, 0.15) is 70.6 Å². The molecule has 10 heteroatoms. The van der Waals surface area contributed by atoms with Crippen LogP contribution in [0.5, 0.6) is 0 Å². The number of aliphatic hydroxyl groups excluding tert-OH is 1. The highest BCUT2D eigenvalue weighted by molar-refractivity contribution is 8.14. The summed E-state index contributed by atoms with van der Waals surface area (Å²) in [4.78, 5) is 30.8. The maximum atomic E-state index is 13.9. The molecule has 8 nitrogen and oxygen atoms in total. The molecule has 0 spiro atoms. The molecule has 226 valence electrons. The standard InChI is InChI=1S/C33H37FN4O4S/c1-18-12-22-23-8-9-33(30(41)43-11-10-35,42-29(40)19-4-5-19)32(23,3)15-26(39)28(22)31(2)14-20-16-37-38(25(20)13-24(18)31)21-6-7-27(34)36-17-21/h6-7,13,16-19,22-23,26,28,39H,4-5,8-9,11-12,14-15H2,1-3H3/t18-,22-,23-,26-,28+,31-,32-,33-/m0/s1. The maximum absolute atomic E-state index is 13.9. The van der Waals surface area contributed by atoms with Crippen LogP contribution in [0, 0.1) is 57.7 Å². The molecule has 7 rings (SSSR count). The van der Waals surface area contributed by atoms with Crippen LogP contribution in [-0.4, -0.2) is 48.4 Å². The normalized spacial score (nSPS) is 37.7. The Labute approximate surface area is 255 Å². The third-order valence-electron chi connectivity index (χ3n) is 11.6. The lowest BCUT2D eigenvalue weighted by Gasteiger charge is -2.61. The number of pyridine rings is 1. The summed E-state index contributed by atoms with van der Waals surface area (Å²) >= 11 is 0.940. The van der Waals surface area contributed by atoms with Crippen molar-refractivity contribution in [2.75, 3.05) is 5.75 Å². The van der Waals surface area contributed by atoms with E-state index in [0.29, 0.717) is 24.9 Å². The first kappa shape index (κ1) is 28.7. The van der Waals surface area contributed by atoms with Crippen molar-refractivity contribution in [1.82, 2.24) is 14.8 Å². The molecule has 2 aromatic heterocycles. The Morgan fingerprint density at radius 2 is 2.05 bits per heavy atom. The number of aliphatic hydroxyl groups is 1. The molecular formula is C33H37FN4O4S. The third kappa shape index (κ3) is 4.17. The average molecular weight is 605 g/mol. The van der Waals surface area contributed by atoms with Crippen LogP contribution in [0.15, 0.2) is 30.1 Å². The molecule has 0 radical (unpaired) electrons. The molecule has 0 unspecified atom stereocenters. The van der Waals surface area contributed by atoms with E-state index in [1.165, 1.54) is 17.8 Å². The molecule has 1 N–H and O–H groups in total. The summed E-state index contributed by atoms with van der Waals surface area (Å²) in [5.41, 5.74) is 1.63. The zero-order chi connectivity index (χ0) is 30.3. The number of fused-ring (bicyclic) bond motifs is 6. The molecule has 0 saturated heterocycles. The number of allylic oxidation sites excluding steroid dienone is 1. The second-order valence-electron chi connectivity index (χ2n) is 13.9. The first-order valence-electron chi connectivity index (χ1n) is 15.4. The molecular weight excluding hydrogens is 567 g/mol. The van der Waals surface area contributed by atoms with Crippen molar-refractivity contribution >= 4 is 28.9 Å². The lowest BCUT2D eigenvalue weighted by Crippen LogP contribution is -2.63. The number of ether oxygens (including phenoxy) is 1. The third-order valence-corrected chi connectivity index (χ3v) is 12.5. The van der Waals surface area contributed by atoms with Crippen LogP contribution in [0.3, 0.4) is 0 Å².